The predicted molar refractivity (Wildman–Crippen MR) is 142 cm³/mol. The number of fused-ring (bicyclic) bond motifs is 4. The summed E-state index contributed by atoms with van der Waals surface area (Å²) < 4.78 is 86.7. The normalized spacial score (nSPS) is 25.3. The number of piperidine rings is 2. The second kappa shape index (κ2) is 10.7. The van der Waals surface area contributed by atoms with Gasteiger partial charge in [0.25, 0.3) is 0 Å². The molecule has 4 fully saturated rings. The van der Waals surface area contributed by atoms with Crippen LogP contribution in [0, 0.1) is 5.92 Å². The molecule has 0 radical (unpaired) electrons. The van der Waals surface area contributed by atoms with Crippen LogP contribution in [0.25, 0.3) is 10.2 Å². The number of carbonyl (C=O) groups excluding carboxylic acids is 2. The summed E-state index contributed by atoms with van der Waals surface area (Å²) in [6.45, 7) is 5.13. The molecule has 4 atom stereocenters. The molecule has 8 nitrogen and oxygen atoms in total. The van der Waals surface area contributed by atoms with Crippen LogP contribution in [-0.4, -0.2) is 88.0 Å². The van der Waals surface area contributed by atoms with E-state index in [1.807, 2.05) is 0 Å². The number of hydrogen-bond acceptors (Lipinski definition) is 7. The lowest BCUT2D eigenvalue weighted by atomic mass is 9.72. The largest absolute Gasteiger partial charge is 0.444 e. The molecular formula is C27H32F6N4O4S. The second-order valence-corrected chi connectivity index (χ2v) is 13.2. The fraction of sp³-hybridized carbons (Fsp3) is 0.667. The number of piperazine rings is 1. The van der Waals surface area contributed by atoms with Crippen LogP contribution in [0.2, 0.25) is 0 Å². The fourth-order valence-electron chi connectivity index (χ4n) is 6.28. The molecular weight excluding hydrogens is 590 g/mol. The Bertz CT molecular complexity index is 1350. The van der Waals surface area contributed by atoms with E-state index < -0.39 is 60.0 Å². The summed E-state index contributed by atoms with van der Waals surface area (Å²) in [5.41, 5.74) is -2.12. The van der Waals surface area contributed by atoms with E-state index in [9.17, 15) is 41.0 Å². The van der Waals surface area contributed by atoms with E-state index in [-0.39, 0.29) is 53.0 Å². The third-order valence-electron chi connectivity index (χ3n) is 7.97. The Morgan fingerprint density at radius 3 is 2.31 bits per heavy atom. The second-order valence-electron chi connectivity index (χ2n) is 12.1. The molecule has 4 aliphatic rings. The minimum absolute atomic E-state index is 0.0161. The number of carbonyl (C=O) groups is 2. The number of rotatable bonds is 3. The first kappa shape index (κ1) is 30.6. The number of nitrogens with zero attached hydrogens (tertiary/aromatic N) is 4. The highest BCUT2D eigenvalue weighted by Gasteiger charge is 2.54. The van der Waals surface area contributed by atoms with Crippen molar-refractivity contribution in [2.45, 2.75) is 82.6 Å². The lowest BCUT2D eigenvalue weighted by Gasteiger charge is -2.53. The van der Waals surface area contributed by atoms with Gasteiger partial charge in [0.05, 0.1) is 23.8 Å². The zero-order valence-electron chi connectivity index (χ0n) is 23.3. The van der Waals surface area contributed by atoms with Gasteiger partial charge >= 0.3 is 18.4 Å². The zero-order chi connectivity index (χ0) is 30.8. The lowest BCUT2D eigenvalue weighted by molar-refractivity contribution is -0.154. The first-order valence-corrected chi connectivity index (χ1v) is 14.5. The molecule has 42 heavy (non-hydrogen) atoms. The Morgan fingerprint density at radius 1 is 1.07 bits per heavy atom. The van der Waals surface area contributed by atoms with Crippen molar-refractivity contribution in [2.75, 3.05) is 31.1 Å². The molecule has 3 aliphatic heterocycles. The fourth-order valence-corrected chi connectivity index (χ4v) is 7.31. The van der Waals surface area contributed by atoms with Crippen molar-refractivity contribution < 1.29 is 45.8 Å². The molecule has 232 valence electrons. The number of pyridine rings is 1. The molecule has 15 heteroatoms. The average Bonchev–Trinajstić information content (AvgIpc) is 3.26. The average molecular weight is 623 g/mol. The third kappa shape index (κ3) is 6.12. The van der Waals surface area contributed by atoms with E-state index in [0.717, 1.165) is 6.07 Å². The van der Waals surface area contributed by atoms with E-state index >= 15 is 0 Å². The summed E-state index contributed by atoms with van der Waals surface area (Å²) in [6, 6.07) is -0.227. The molecule has 0 unspecified atom stereocenters. The van der Waals surface area contributed by atoms with Crippen LogP contribution in [0.15, 0.2) is 12.3 Å². The minimum Gasteiger partial charge on any atom is -0.444 e. The maximum Gasteiger partial charge on any atom is 0.419 e. The smallest absolute Gasteiger partial charge is 0.419 e. The number of aliphatic hydroxyl groups is 1. The molecule has 0 aromatic carbocycles. The summed E-state index contributed by atoms with van der Waals surface area (Å²) in [6.07, 6.45) is -9.90. The van der Waals surface area contributed by atoms with E-state index in [1.54, 1.807) is 20.8 Å². The van der Waals surface area contributed by atoms with Gasteiger partial charge in [0.1, 0.15) is 16.5 Å². The molecule has 3 saturated heterocycles. The number of anilines is 1. The Kier molecular flexibility index (Phi) is 7.82. The van der Waals surface area contributed by atoms with E-state index in [0.29, 0.717) is 36.8 Å². The van der Waals surface area contributed by atoms with Crippen molar-refractivity contribution in [3.63, 3.8) is 0 Å². The van der Waals surface area contributed by atoms with Gasteiger partial charge in [0.2, 0.25) is 5.91 Å². The van der Waals surface area contributed by atoms with Crippen LogP contribution in [-0.2, 0) is 22.1 Å². The molecule has 1 aliphatic carbocycles. The Hall–Kier alpha value is -2.81. The standard InChI is InChI=1S/C27H32F6N4O4S/c1-25(2,3)41-24(40)37-14-4-5-16(19(38)10-14)21(37)23(39)36-8-6-35(7-9-36)20-17-11-15(12-26(28,29)30)42-22(17)34-13-18(20)27(31,32)33/h11,13-14,16,19,21,38H,4-10,12H2,1-3H3/t14-,16+,19+,21-/m0/s1. The number of ether oxygens (including phenoxy) is 1. The Balaban J connectivity index is 1.39. The van der Waals surface area contributed by atoms with Gasteiger partial charge in [-0.3, -0.25) is 9.69 Å². The summed E-state index contributed by atoms with van der Waals surface area (Å²) >= 11 is 0.697. The van der Waals surface area contributed by atoms with Crippen LogP contribution >= 0.6 is 11.3 Å². The molecule has 2 bridgehead atoms. The highest BCUT2D eigenvalue weighted by molar-refractivity contribution is 7.18. The first-order valence-electron chi connectivity index (χ1n) is 13.7. The molecule has 2 aromatic heterocycles. The first-order chi connectivity index (χ1) is 19.4. The zero-order valence-corrected chi connectivity index (χ0v) is 24.1. The summed E-state index contributed by atoms with van der Waals surface area (Å²) in [7, 11) is 0. The molecule has 2 aromatic rings. The van der Waals surface area contributed by atoms with Gasteiger partial charge < -0.3 is 19.6 Å². The van der Waals surface area contributed by atoms with Crippen LogP contribution in [0.5, 0.6) is 0 Å². The summed E-state index contributed by atoms with van der Waals surface area (Å²) in [5, 5.41) is 10.7. The number of amides is 2. The number of halogens is 6. The van der Waals surface area contributed by atoms with Gasteiger partial charge in [-0.25, -0.2) is 9.78 Å². The summed E-state index contributed by atoms with van der Waals surface area (Å²) in [4.78, 5) is 35.0. The molecule has 6 rings (SSSR count). The van der Waals surface area contributed by atoms with E-state index in [4.69, 9.17) is 4.74 Å². The maximum atomic E-state index is 14.0. The number of aromatic nitrogens is 1. The number of thiophene rings is 1. The van der Waals surface area contributed by atoms with Crippen LogP contribution in [0.3, 0.4) is 0 Å². The highest BCUT2D eigenvalue weighted by Crippen LogP contribution is 2.44. The van der Waals surface area contributed by atoms with Crippen molar-refractivity contribution in [1.82, 2.24) is 14.8 Å². The van der Waals surface area contributed by atoms with Crippen LogP contribution < -0.4 is 4.90 Å². The Labute approximate surface area is 242 Å². The van der Waals surface area contributed by atoms with Gasteiger partial charge in [-0.05, 0) is 46.1 Å². The maximum absolute atomic E-state index is 14.0. The highest BCUT2D eigenvalue weighted by atomic mass is 32.1. The predicted octanol–water partition coefficient (Wildman–Crippen LogP) is 5.22. The van der Waals surface area contributed by atoms with Crippen molar-refractivity contribution in [3.05, 3.63) is 22.7 Å². The number of alkyl halides is 6. The van der Waals surface area contributed by atoms with Gasteiger partial charge in [0.15, 0.2) is 0 Å². The van der Waals surface area contributed by atoms with Crippen molar-refractivity contribution in [2.24, 2.45) is 5.92 Å². The molecule has 1 N–H and O–H groups in total. The van der Waals surface area contributed by atoms with Crippen molar-refractivity contribution in [1.29, 1.82) is 0 Å². The van der Waals surface area contributed by atoms with Gasteiger partial charge in [0, 0.05) is 54.6 Å². The van der Waals surface area contributed by atoms with Crippen molar-refractivity contribution >= 4 is 39.2 Å². The monoisotopic (exact) mass is 622 g/mol. The Morgan fingerprint density at radius 2 is 1.74 bits per heavy atom. The molecule has 1 saturated carbocycles. The lowest BCUT2D eigenvalue weighted by Crippen LogP contribution is -2.68. The van der Waals surface area contributed by atoms with Crippen molar-refractivity contribution in [3.8, 4) is 0 Å². The number of hydrogen-bond donors (Lipinski definition) is 1. The molecule has 2 amide bonds. The summed E-state index contributed by atoms with van der Waals surface area (Å²) in [5.74, 6) is -0.907. The number of aliphatic hydroxyl groups excluding tert-OH is 1. The minimum atomic E-state index is -4.80. The molecule has 5 heterocycles. The van der Waals surface area contributed by atoms with Crippen LogP contribution in [0.4, 0.5) is 36.8 Å². The quantitative estimate of drug-likeness (QED) is 0.473. The van der Waals surface area contributed by atoms with Gasteiger partial charge in [-0.15, -0.1) is 11.3 Å². The van der Waals surface area contributed by atoms with Gasteiger partial charge in [-0.1, -0.05) is 0 Å². The van der Waals surface area contributed by atoms with Crippen LogP contribution in [0.1, 0.15) is 50.5 Å². The SMILES string of the molecule is CC(C)(C)OC(=O)N1[C@H]2CC[C@H]([C@H](O)C2)[C@H]1C(=O)N1CCN(c2c(C(F)(F)F)cnc3sc(CC(F)(F)F)cc23)CC1. The third-order valence-corrected chi connectivity index (χ3v) is 9.01. The van der Waals surface area contributed by atoms with E-state index in [1.165, 1.54) is 14.7 Å². The van der Waals surface area contributed by atoms with Gasteiger partial charge in [-0.2, -0.15) is 26.3 Å². The van der Waals surface area contributed by atoms with E-state index in [2.05, 4.69) is 4.98 Å². The topological polar surface area (TPSA) is 86.2 Å². The molecule has 0 spiro atoms.